The lowest BCUT2D eigenvalue weighted by Gasteiger charge is -2.27. The van der Waals surface area contributed by atoms with Crippen molar-refractivity contribution in [1.82, 2.24) is 4.90 Å². The van der Waals surface area contributed by atoms with Gasteiger partial charge in [0.15, 0.2) is 0 Å². The van der Waals surface area contributed by atoms with Crippen LogP contribution >= 0.6 is 0 Å². The van der Waals surface area contributed by atoms with E-state index in [0.717, 1.165) is 6.42 Å². The highest BCUT2D eigenvalue weighted by Gasteiger charge is 2.28. The van der Waals surface area contributed by atoms with Crippen molar-refractivity contribution in [3.05, 3.63) is 0 Å². The molecule has 0 spiro atoms. The summed E-state index contributed by atoms with van der Waals surface area (Å²) in [7, 11) is 0. The van der Waals surface area contributed by atoms with E-state index in [9.17, 15) is 9.59 Å². The fourth-order valence-electron chi connectivity index (χ4n) is 1.49. The van der Waals surface area contributed by atoms with E-state index in [1.54, 1.807) is 0 Å². The Hall–Kier alpha value is -1.06. The van der Waals surface area contributed by atoms with Crippen molar-refractivity contribution in [2.75, 3.05) is 13.2 Å². The van der Waals surface area contributed by atoms with Crippen LogP contribution in [0.3, 0.4) is 0 Å². The monoisotopic (exact) mass is 213 g/mol. The van der Waals surface area contributed by atoms with Crippen LogP contribution in [-0.4, -0.2) is 30.1 Å². The van der Waals surface area contributed by atoms with E-state index in [2.05, 4.69) is 0 Å². The zero-order valence-corrected chi connectivity index (χ0v) is 9.66. The molecule has 1 heterocycles. The lowest BCUT2D eigenvalue weighted by Crippen LogP contribution is -2.43. The highest BCUT2D eigenvalue weighted by molar-refractivity contribution is 5.92. The number of carbonyl (C=O) groups excluding carboxylic acids is 2. The molecular formula is C11H19NO3. The molecule has 0 radical (unpaired) electrons. The van der Waals surface area contributed by atoms with Crippen molar-refractivity contribution in [3.8, 4) is 0 Å². The van der Waals surface area contributed by atoms with Crippen LogP contribution < -0.4 is 0 Å². The van der Waals surface area contributed by atoms with Crippen molar-refractivity contribution < 1.29 is 14.3 Å². The van der Waals surface area contributed by atoms with Gasteiger partial charge in [0.1, 0.15) is 0 Å². The van der Waals surface area contributed by atoms with Crippen molar-refractivity contribution >= 4 is 12.0 Å². The summed E-state index contributed by atoms with van der Waals surface area (Å²) in [6, 6.07) is 0. The van der Waals surface area contributed by atoms with Gasteiger partial charge in [-0.1, -0.05) is 20.8 Å². The lowest BCUT2D eigenvalue weighted by molar-refractivity contribution is -0.132. The topological polar surface area (TPSA) is 46.6 Å². The van der Waals surface area contributed by atoms with Gasteiger partial charge in [-0.15, -0.1) is 0 Å². The second-order valence-electron chi connectivity index (χ2n) is 4.61. The Bertz CT molecular complexity index is 250. The summed E-state index contributed by atoms with van der Waals surface area (Å²) in [5, 5.41) is 0. The van der Waals surface area contributed by atoms with Gasteiger partial charge in [0.2, 0.25) is 5.91 Å². The fourth-order valence-corrected chi connectivity index (χ4v) is 1.49. The average Bonchev–Trinajstić information content (AvgIpc) is 2.14. The molecule has 1 aliphatic heterocycles. The quantitative estimate of drug-likeness (QED) is 0.705. The second-order valence-corrected chi connectivity index (χ2v) is 4.61. The molecule has 15 heavy (non-hydrogen) atoms. The van der Waals surface area contributed by atoms with Gasteiger partial charge in [0.05, 0.1) is 6.61 Å². The second kappa shape index (κ2) is 5.14. The van der Waals surface area contributed by atoms with E-state index in [1.165, 1.54) is 4.90 Å². The predicted molar refractivity (Wildman–Crippen MR) is 56.3 cm³/mol. The van der Waals surface area contributed by atoms with Crippen LogP contribution in [0.1, 0.15) is 33.6 Å². The molecule has 1 rings (SSSR count). The van der Waals surface area contributed by atoms with Gasteiger partial charge in [0.25, 0.3) is 0 Å². The highest BCUT2D eigenvalue weighted by Crippen LogP contribution is 2.18. The normalized spacial score (nSPS) is 22.0. The lowest BCUT2D eigenvalue weighted by atomic mass is 9.99. The maximum atomic E-state index is 11.5. The molecule has 4 nitrogen and oxygen atoms in total. The Balaban J connectivity index is 2.42. The van der Waals surface area contributed by atoms with E-state index in [4.69, 9.17) is 4.74 Å². The minimum Gasteiger partial charge on any atom is -0.449 e. The summed E-state index contributed by atoms with van der Waals surface area (Å²) >= 11 is 0. The van der Waals surface area contributed by atoms with E-state index in [1.807, 2.05) is 20.8 Å². The van der Waals surface area contributed by atoms with Crippen molar-refractivity contribution in [2.45, 2.75) is 33.6 Å². The van der Waals surface area contributed by atoms with Gasteiger partial charge in [-0.05, 0) is 18.3 Å². The van der Waals surface area contributed by atoms with Crippen molar-refractivity contribution in [3.63, 3.8) is 0 Å². The van der Waals surface area contributed by atoms with E-state index in [-0.39, 0.29) is 5.91 Å². The molecule has 0 N–H and O–H groups in total. The minimum atomic E-state index is -0.486. The number of piperidine rings is 1. The molecule has 1 saturated heterocycles. The van der Waals surface area contributed by atoms with Crippen LogP contribution in [-0.2, 0) is 9.53 Å². The number of ether oxygens (including phenoxy) is 1. The summed E-state index contributed by atoms with van der Waals surface area (Å²) in [5.41, 5.74) is 0. The first kappa shape index (κ1) is 12.0. The van der Waals surface area contributed by atoms with Gasteiger partial charge >= 0.3 is 6.09 Å². The van der Waals surface area contributed by atoms with Gasteiger partial charge in [-0.3, -0.25) is 4.79 Å². The smallest absolute Gasteiger partial charge is 0.416 e. The zero-order valence-electron chi connectivity index (χ0n) is 9.66. The number of carbonyl (C=O) groups is 2. The fraction of sp³-hybridized carbons (Fsp3) is 0.818. The maximum Gasteiger partial charge on any atom is 0.416 e. The van der Waals surface area contributed by atoms with Crippen LogP contribution in [0.4, 0.5) is 4.79 Å². The third-order valence-corrected chi connectivity index (χ3v) is 2.43. The number of amides is 2. The molecule has 0 bridgehead atoms. The Morgan fingerprint density at radius 1 is 1.60 bits per heavy atom. The number of likely N-dealkylation sites (tertiary alicyclic amines) is 1. The van der Waals surface area contributed by atoms with Crippen molar-refractivity contribution in [1.29, 1.82) is 0 Å². The standard InChI is InChI=1S/C11H19NO3/c1-8(2)7-15-11(14)12-5-4-9(3)6-10(12)13/h8-9H,4-7H2,1-3H3. The Morgan fingerprint density at radius 3 is 2.80 bits per heavy atom. The Kier molecular flexibility index (Phi) is 4.12. The minimum absolute atomic E-state index is 0.109. The maximum absolute atomic E-state index is 11.5. The molecule has 2 amide bonds. The number of nitrogens with zero attached hydrogens (tertiary/aromatic N) is 1. The van der Waals surface area contributed by atoms with Gasteiger partial charge in [0, 0.05) is 13.0 Å². The Morgan fingerprint density at radius 2 is 2.27 bits per heavy atom. The van der Waals surface area contributed by atoms with Crippen LogP contribution in [0.2, 0.25) is 0 Å². The third kappa shape index (κ3) is 3.53. The molecule has 0 aliphatic carbocycles. The molecule has 1 atom stereocenters. The third-order valence-electron chi connectivity index (χ3n) is 2.43. The zero-order chi connectivity index (χ0) is 11.4. The average molecular weight is 213 g/mol. The predicted octanol–water partition coefficient (Wildman–Crippen LogP) is 2.04. The van der Waals surface area contributed by atoms with E-state index >= 15 is 0 Å². The first-order valence-corrected chi connectivity index (χ1v) is 5.47. The van der Waals surface area contributed by atoms with Crippen LogP contribution in [0.25, 0.3) is 0 Å². The van der Waals surface area contributed by atoms with Crippen LogP contribution in [0.15, 0.2) is 0 Å². The van der Waals surface area contributed by atoms with Gasteiger partial charge in [-0.25, -0.2) is 9.69 Å². The molecule has 0 saturated carbocycles. The van der Waals surface area contributed by atoms with Gasteiger partial charge < -0.3 is 4.74 Å². The molecular weight excluding hydrogens is 194 g/mol. The Labute approximate surface area is 90.6 Å². The number of rotatable bonds is 2. The molecule has 1 unspecified atom stereocenters. The molecule has 4 heteroatoms. The van der Waals surface area contributed by atoms with Gasteiger partial charge in [-0.2, -0.15) is 0 Å². The SMILES string of the molecule is CC(C)COC(=O)N1CCC(C)CC1=O. The molecule has 0 aromatic rings. The first-order chi connectivity index (χ1) is 7.00. The molecule has 86 valence electrons. The first-order valence-electron chi connectivity index (χ1n) is 5.47. The summed E-state index contributed by atoms with van der Waals surface area (Å²) in [5.74, 6) is 0.571. The molecule has 0 aromatic heterocycles. The van der Waals surface area contributed by atoms with Crippen LogP contribution in [0.5, 0.6) is 0 Å². The largest absolute Gasteiger partial charge is 0.449 e. The highest BCUT2D eigenvalue weighted by atomic mass is 16.6. The number of hydrogen-bond acceptors (Lipinski definition) is 3. The van der Waals surface area contributed by atoms with E-state index in [0.29, 0.717) is 31.4 Å². The van der Waals surface area contributed by atoms with Crippen LogP contribution in [0, 0.1) is 11.8 Å². The summed E-state index contributed by atoms with van der Waals surface area (Å²) in [4.78, 5) is 24.2. The number of imide groups is 1. The van der Waals surface area contributed by atoms with Crippen molar-refractivity contribution in [2.24, 2.45) is 11.8 Å². The number of hydrogen-bond donors (Lipinski definition) is 0. The summed E-state index contributed by atoms with van der Waals surface area (Å²) in [6.07, 6.45) is 0.847. The summed E-state index contributed by atoms with van der Waals surface area (Å²) in [6.45, 7) is 6.82. The molecule has 1 aliphatic rings. The summed E-state index contributed by atoms with van der Waals surface area (Å²) < 4.78 is 5.01. The molecule has 1 fully saturated rings. The molecule has 0 aromatic carbocycles. The van der Waals surface area contributed by atoms with E-state index < -0.39 is 6.09 Å².